The molecule has 1 unspecified atom stereocenters. The molecule has 0 amide bonds. The van der Waals surface area contributed by atoms with Crippen LogP contribution in [0.2, 0.25) is 0 Å². The van der Waals surface area contributed by atoms with Crippen LogP contribution in [0, 0.1) is 6.92 Å². The number of rotatable bonds is 4. The van der Waals surface area contributed by atoms with Crippen molar-refractivity contribution in [3.8, 4) is 5.75 Å². The molecule has 0 saturated carbocycles. The van der Waals surface area contributed by atoms with Crippen molar-refractivity contribution in [3.05, 3.63) is 65.2 Å². The van der Waals surface area contributed by atoms with Crippen molar-refractivity contribution in [3.63, 3.8) is 0 Å². The minimum absolute atomic E-state index is 0.346. The van der Waals surface area contributed by atoms with Crippen LogP contribution in [0.4, 0.5) is 0 Å². The summed E-state index contributed by atoms with van der Waals surface area (Å²) in [5, 5.41) is 0. The Morgan fingerprint density at radius 1 is 0.920 bits per heavy atom. The van der Waals surface area contributed by atoms with Gasteiger partial charge in [-0.1, -0.05) is 48.0 Å². The van der Waals surface area contributed by atoms with Gasteiger partial charge in [0.25, 0.3) is 0 Å². The van der Waals surface area contributed by atoms with Crippen LogP contribution in [0.15, 0.2) is 48.5 Å². The third-order valence-electron chi connectivity index (χ3n) is 5.46. The van der Waals surface area contributed by atoms with Crippen LogP contribution < -0.4 is 4.74 Å². The van der Waals surface area contributed by atoms with Crippen molar-refractivity contribution in [2.45, 2.75) is 32.4 Å². The van der Waals surface area contributed by atoms with Gasteiger partial charge in [0.15, 0.2) is 0 Å². The molecule has 3 nitrogen and oxygen atoms in total. The van der Waals surface area contributed by atoms with Crippen molar-refractivity contribution < 1.29 is 4.74 Å². The number of fused-ring (bicyclic) bond motifs is 1. The quantitative estimate of drug-likeness (QED) is 0.850. The summed E-state index contributed by atoms with van der Waals surface area (Å²) in [7, 11) is 0. The summed E-state index contributed by atoms with van der Waals surface area (Å²) >= 11 is 0. The molecule has 1 saturated heterocycles. The third-order valence-corrected chi connectivity index (χ3v) is 5.46. The van der Waals surface area contributed by atoms with E-state index in [2.05, 4.69) is 65.3 Å². The van der Waals surface area contributed by atoms with E-state index in [-0.39, 0.29) is 0 Å². The Morgan fingerprint density at radius 3 is 2.44 bits per heavy atom. The van der Waals surface area contributed by atoms with Crippen molar-refractivity contribution in [1.82, 2.24) is 9.80 Å². The number of aryl methyl sites for hydroxylation is 2. The fourth-order valence-corrected chi connectivity index (χ4v) is 3.88. The summed E-state index contributed by atoms with van der Waals surface area (Å²) < 4.78 is 6.21. The van der Waals surface area contributed by atoms with Gasteiger partial charge in [0.2, 0.25) is 0 Å². The average molecular weight is 336 g/mol. The van der Waals surface area contributed by atoms with E-state index in [0.717, 1.165) is 57.9 Å². The molecule has 0 radical (unpaired) electrons. The highest BCUT2D eigenvalue weighted by Gasteiger charge is 2.24. The minimum Gasteiger partial charge on any atom is -0.489 e. The van der Waals surface area contributed by atoms with Gasteiger partial charge >= 0.3 is 0 Å². The fourth-order valence-electron chi connectivity index (χ4n) is 3.88. The number of para-hydroxylation sites is 1. The SMILES string of the molecule is Cc1ccc(CN2CCN(CC3CCc4ccccc4O3)CC2)cc1. The predicted octanol–water partition coefficient (Wildman–Crippen LogP) is 3.51. The lowest BCUT2D eigenvalue weighted by atomic mass is 10.0. The van der Waals surface area contributed by atoms with Gasteiger partial charge in [-0.2, -0.15) is 0 Å². The molecule has 2 aliphatic rings. The molecule has 0 N–H and O–H groups in total. The van der Waals surface area contributed by atoms with Gasteiger partial charge in [0.05, 0.1) is 0 Å². The molecule has 0 aromatic heterocycles. The third kappa shape index (κ3) is 4.23. The second-order valence-corrected chi connectivity index (χ2v) is 7.45. The summed E-state index contributed by atoms with van der Waals surface area (Å²) in [4.78, 5) is 5.14. The van der Waals surface area contributed by atoms with Crippen LogP contribution >= 0.6 is 0 Å². The Morgan fingerprint density at radius 2 is 1.64 bits per heavy atom. The van der Waals surface area contributed by atoms with E-state index in [9.17, 15) is 0 Å². The van der Waals surface area contributed by atoms with Crippen molar-refractivity contribution >= 4 is 0 Å². The Kier molecular flexibility index (Phi) is 5.04. The number of ether oxygens (including phenoxy) is 1. The zero-order valence-electron chi connectivity index (χ0n) is 15.2. The van der Waals surface area contributed by atoms with E-state index in [1.807, 2.05) is 0 Å². The van der Waals surface area contributed by atoms with Crippen LogP contribution in [0.25, 0.3) is 0 Å². The maximum atomic E-state index is 6.21. The van der Waals surface area contributed by atoms with Gasteiger partial charge in [-0.3, -0.25) is 9.80 Å². The van der Waals surface area contributed by atoms with Crippen LogP contribution in [-0.4, -0.2) is 48.6 Å². The molecule has 2 aliphatic heterocycles. The lowest BCUT2D eigenvalue weighted by Crippen LogP contribution is -2.49. The van der Waals surface area contributed by atoms with Gasteiger partial charge in [-0.15, -0.1) is 0 Å². The minimum atomic E-state index is 0.346. The number of hydrogen-bond donors (Lipinski definition) is 0. The molecule has 1 fully saturated rings. The lowest BCUT2D eigenvalue weighted by Gasteiger charge is -2.37. The monoisotopic (exact) mass is 336 g/mol. The highest BCUT2D eigenvalue weighted by Crippen LogP contribution is 2.27. The normalized spacial score (nSPS) is 21.6. The fraction of sp³-hybridized carbons (Fsp3) is 0.455. The molecule has 2 aromatic carbocycles. The van der Waals surface area contributed by atoms with E-state index >= 15 is 0 Å². The van der Waals surface area contributed by atoms with Crippen molar-refractivity contribution in [2.75, 3.05) is 32.7 Å². The zero-order chi connectivity index (χ0) is 17.1. The smallest absolute Gasteiger partial charge is 0.122 e. The molecular formula is C22H28N2O. The zero-order valence-corrected chi connectivity index (χ0v) is 15.2. The van der Waals surface area contributed by atoms with E-state index < -0.39 is 0 Å². The summed E-state index contributed by atoms with van der Waals surface area (Å²) in [6.07, 6.45) is 2.63. The van der Waals surface area contributed by atoms with Gasteiger partial charge in [0.1, 0.15) is 11.9 Å². The molecule has 2 aromatic rings. The standard InChI is InChI=1S/C22H28N2O/c1-18-6-8-19(9-7-18)16-23-12-14-24(15-13-23)17-21-11-10-20-4-2-3-5-22(20)25-21/h2-9,21H,10-17H2,1H3. The molecule has 3 heteroatoms. The summed E-state index contributed by atoms with van der Waals surface area (Å²) in [5.41, 5.74) is 4.12. The number of nitrogens with zero attached hydrogens (tertiary/aromatic N) is 2. The molecule has 0 spiro atoms. The summed E-state index contributed by atoms with van der Waals surface area (Å²) in [6.45, 7) is 8.87. The topological polar surface area (TPSA) is 15.7 Å². The number of piperazine rings is 1. The van der Waals surface area contributed by atoms with Gasteiger partial charge in [-0.05, 0) is 37.0 Å². The number of hydrogen-bond acceptors (Lipinski definition) is 3. The van der Waals surface area contributed by atoms with E-state index in [0.29, 0.717) is 6.10 Å². The highest BCUT2D eigenvalue weighted by molar-refractivity contribution is 5.35. The molecule has 1 atom stereocenters. The Hall–Kier alpha value is -1.84. The number of benzene rings is 2. The highest BCUT2D eigenvalue weighted by atomic mass is 16.5. The van der Waals surface area contributed by atoms with Gasteiger partial charge < -0.3 is 4.74 Å². The molecule has 0 aliphatic carbocycles. The lowest BCUT2D eigenvalue weighted by molar-refractivity contribution is 0.0722. The van der Waals surface area contributed by atoms with E-state index in [1.165, 1.54) is 16.7 Å². The molecule has 132 valence electrons. The van der Waals surface area contributed by atoms with Gasteiger partial charge in [-0.25, -0.2) is 0 Å². The predicted molar refractivity (Wildman–Crippen MR) is 102 cm³/mol. The first-order valence-corrected chi connectivity index (χ1v) is 9.51. The molecule has 25 heavy (non-hydrogen) atoms. The van der Waals surface area contributed by atoms with E-state index in [1.54, 1.807) is 0 Å². The first kappa shape index (κ1) is 16.6. The largest absolute Gasteiger partial charge is 0.489 e. The summed E-state index contributed by atoms with van der Waals surface area (Å²) in [5.74, 6) is 1.09. The van der Waals surface area contributed by atoms with Crippen LogP contribution in [0.1, 0.15) is 23.1 Å². The first-order valence-electron chi connectivity index (χ1n) is 9.51. The second-order valence-electron chi connectivity index (χ2n) is 7.45. The van der Waals surface area contributed by atoms with Crippen molar-refractivity contribution in [1.29, 1.82) is 0 Å². The molecule has 2 heterocycles. The first-order chi connectivity index (χ1) is 12.3. The Balaban J connectivity index is 1.25. The summed E-state index contributed by atoms with van der Waals surface area (Å²) in [6, 6.07) is 17.4. The van der Waals surface area contributed by atoms with Crippen LogP contribution in [0.3, 0.4) is 0 Å². The maximum absolute atomic E-state index is 6.21. The van der Waals surface area contributed by atoms with Crippen LogP contribution in [0.5, 0.6) is 5.75 Å². The van der Waals surface area contributed by atoms with E-state index in [4.69, 9.17) is 4.74 Å². The average Bonchev–Trinajstić information content (AvgIpc) is 2.65. The van der Waals surface area contributed by atoms with Gasteiger partial charge in [0, 0.05) is 39.3 Å². The van der Waals surface area contributed by atoms with Crippen LogP contribution in [-0.2, 0) is 13.0 Å². The Labute approximate surface area is 151 Å². The molecule has 0 bridgehead atoms. The molecular weight excluding hydrogens is 308 g/mol. The Bertz CT molecular complexity index is 689. The maximum Gasteiger partial charge on any atom is 0.122 e. The molecule has 4 rings (SSSR count). The second kappa shape index (κ2) is 7.59. The van der Waals surface area contributed by atoms with Crippen molar-refractivity contribution in [2.24, 2.45) is 0 Å².